The van der Waals surface area contributed by atoms with Crippen molar-refractivity contribution in [2.45, 2.75) is 13.8 Å². The van der Waals surface area contributed by atoms with Crippen molar-refractivity contribution in [3.8, 4) is 17.2 Å². The molecule has 0 unspecified atom stereocenters. The van der Waals surface area contributed by atoms with Crippen molar-refractivity contribution in [2.24, 2.45) is 0 Å². The molecule has 0 saturated heterocycles. The van der Waals surface area contributed by atoms with Gasteiger partial charge in [-0.15, -0.1) is 0 Å². The molecule has 0 spiro atoms. The van der Waals surface area contributed by atoms with Gasteiger partial charge in [-0.1, -0.05) is 47.5 Å². The van der Waals surface area contributed by atoms with Gasteiger partial charge >= 0.3 is 0 Å². The molecule has 1 nitrogen and oxygen atoms in total. The summed E-state index contributed by atoms with van der Waals surface area (Å²) in [4.78, 5) is 0. The predicted molar refractivity (Wildman–Crippen MR) is 66.1 cm³/mol. The van der Waals surface area contributed by atoms with Crippen molar-refractivity contribution >= 4 is 0 Å². The van der Waals surface area contributed by atoms with E-state index in [1.807, 2.05) is 31.2 Å². The Balaban J connectivity index is 2.64. The maximum absolute atomic E-state index is 9.09. The molecule has 0 radical (unpaired) electrons. The van der Waals surface area contributed by atoms with Crippen molar-refractivity contribution in [3.63, 3.8) is 0 Å². The number of hydrogen-bond donors (Lipinski definition) is 0. The summed E-state index contributed by atoms with van der Waals surface area (Å²) in [6.45, 7) is 4.10. The summed E-state index contributed by atoms with van der Waals surface area (Å²) in [6.07, 6.45) is 0. The average Bonchev–Trinajstić information content (AvgIpc) is 2.29. The van der Waals surface area contributed by atoms with E-state index in [4.69, 9.17) is 5.26 Å². The lowest BCUT2D eigenvalue weighted by Gasteiger charge is -2.06. The van der Waals surface area contributed by atoms with Crippen molar-refractivity contribution in [1.82, 2.24) is 0 Å². The summed E-state index contributed by atoms with van der Waals surface area (Å²) in [5.74, 6) is 0. The van der Waals surface area contributed by atoms with E-state index in [2.05, 4.69) is 31.2 Å². The SMILES string of the molecule is Cc1cccc(-c2cc(C)ccc2C#N)c1. The summed E-state index contributed by atoms with van der Waals surface area (Å²) >= 11 is 0. The molecule has 0 saturated carbocycles. The molecule has 0 aliphatic carbocycles. The molecule has 0 N–H and O–H groups in total. The number of nitriles is 1. The molecule has 0 aliphatic heterocycles. The molecule has 0 atom stereocenters. The van der Waals surface area contributed by atoms with Crippen molar-refractivity contribution in [3.05, 3.63) is 59.2 Å². The van der Waals surface area contributed by atoms with Gasteiger partial charge in [-0.05, 0) is 31.0 Å². The van der Waals surface area contributed by atoms with Crippen LogP contribution in [0.5, 0.6) is 0 Å². The Hall–Kier alpha value is -2.07. The van der Waals surface area contributed by atoms with Gasteiger partial charge in [-0.2, -0.15) is 5.26 Å². The highest BCUT2D eigenvalue weighted by Gasteiger charge is 2.04. The van der Waals surface area contributed by atoms with Crippen LogP contribution in [-0.2, 0) is 0 Å². The van der Waals surface area contributed by atoms with Gasteiger partial charge in [0.25, 0.3) is 0 Å². The number of nitrogens with zero attached hydrogens (tertiary/aromatic N) is 1. The van der Waals surface area contributed by atoms with E-state index in [1.54, 1.807) is 0 Å². The molecular formula is C15H13N. The van der Waals surface area contributed by atoms with Crippen LogP contribution in [-0.4, -0.2) is 0 Å². The molecule has 0 aliphatic rings. The lowest BCUT2D eigenvalue weighted by atomic mass is 9.97. The summed E-state index contributed by atoms with van der Waals surface area (Å²) in [5, 5.41) is 9.09. The topological polar surface area (TPSA) is 23.8 Å². The van der Waals surface area contributed by atoms with E-state index < -0.39 is 0 Å². The largest absolute Gasteiger partial charge is 0.192 e. The third-order valence-electron chi connectivity index (χ3n) is 2.62. The first-order valence-corrected chi connectivity index (χ1v) is 5.28. The molecule has 78 valence electrons. The quantitative estimate of drug-likeness (QED) is 0.697. The number of aryl methyl sites for hydroxylation is 2. The van der Waals surface area contributed by atoms with E-state index in [0.29, 0.717) is 0 Å². The predicted octanol–water partition coefficient (Wildman–Crippen LogP) is 3.84. The lowest BCUT2D eigenvalue weighted by Crippen LogP contribution is -1.86. The van der Waals surface area contributed by atoms with E-state index in [1.165, 1.54) is 11.1 Å². The third kappa shape index (κ3) is 1.97. The monoisotopic (exact) mass is 207 g/mol. The molecule has 1 heteroatoms. The van der Waals surface area contributed by atoms with E-state index in [9.17, 15) is 0 Å². The smallest absolute Gasteiger partial charge is 0.0998 e. The van der Waals surface area contributed by atoms with Crippen LogP contribution in [0, 0.1) is 25.2 Å². The van der Waals surface area contributed by atoms with E-state index in [-0.39, 0.29) is 0 Å². The first-order chi connectivity index (χ1) is 7.70. The molecule has 2 aromatic rings. The second kappa shape index (κ2) is 4.20. The Kier molecular flexibility index (Phi) is 2.74. The normalized spacial score (nSPS) is 9.81. The van der Waals surface area contributed by atoms with Crippen LogP contribution in [0.1, 0.15) is 16.7 Å². The highest BCUT2D eigenvalue weighted by Crippen LogP contribution is 2.25. The van der Waals surface area contributed by atoms with Gasteiger partial charge < -0.3 is 0 Å². The van der Waals surface area contributed by atoms with Gasteiger partial charge in [-0.25, -0.2) is 0 Å². The second-order valence-electron chi connectivity index (χ2n) is 4.03. The second-order valence-corrected chi connectivity index (χ2v) is 4.03. The Morgan fingerprint density at radius 2 is 1.69 bits per heavy atom. The molecule has 16 heavy (non-hydrogen) atoms. The number of rotatable bonds is 1. The maximum atomic E-state index is 9.09. The van der Waals surface area contributed by atoms with Gasteiger partial charge in [0.05, 0.1) is 11.6 Å². The standard InChI is InChI=1S/C15H13N/c1-11-4-3-5-13(8-11)15-9-12(2)6-7-14(15)10-16/h3-9H,1-2H3. The highest BCUT2D eigenvalue weighted by atomic mass is 14.2. The molecule has 0 amide bonds. The average molecular weight is 207 g/mol. The zero-order chi connectivity index (χ0) is 11.5. The van der Waals surface area contributed by atoms with Crippen molar-refractivity contribution < 1.29 is 0 Å². The van der Waals surface area contributed by atoms with Gasteiger partial charge in [0, 0.05) is 0 Å². The fourth-order valence-electron chi connectivity index (χ4n) is 1.81. The van der Waals surface area contributed by atoms with Crippen molar-refractivity contribution in [2.75, 3.05) is 0 Å². The molecular weight excluding hydrogens is 194 g/mol. The Bertz CT molecular complexity index is 562. The zero-order valence-corrected chi connectivity index (χ0v) is 9.49. The molecule has 0 heterocycles. The number of hydrogen-bond acceptors (Lipinski definition) is 1. The van der Waals surface area contributed by atoms with E-state index in [0.717, 1.165) is 16.7 Å². The Morgan fingerprint density at radius 1 is 0.938 bits per heavy atom. The van der Waals surface area contributed by atoms with Crippen LogP contribution in [0.4, 0.5) is 0 Å². The zero-order valence-electron chi connectivity index (χ0n) is 9.49. The van der Waals surface area contributed by atoms with Crippen LogP contribution < -0.4 is 0 Å². The fourth-order valence-corrected chi connectivity index (χ4v) is 1.81. The molecule has 2 aromatic carbocycles. The van der Waals surface area contributed by atoms with Crippen LogP contribution in [0.3, 0.4) is 0 Å². The molecule has 0 bridgehead atoms. The Morgan fingerprint density at radius 3 is 2.38 bits per heavy atom. The van der Waals surface area contributed by atoms with Gasteiger partial charge in [0.15, 0.2) is 0 Å². The summed E-state index contributed by atoms with van der Waals surface area (Å²) < 4.78 is 0. The summed E-state index contributed by atoms with van der Waals surface area (Å²) in [5.41, 5.74) is 5.25. The lowest BCUT2D eigenvalue weighted by molar-refractivity contribution is 1.41. The van der Waals surface area contributed by atoms with Crippen LogP contribution in [0.2, 0.25) is 0 Å². The van der Waals surface area contributed by atoms with Gasteiger partial charge in [0.2, 0.25) is 0 Å². The van der Waals surface area contributed by atoms with Gasteiger partial charge in [0.1, 0.15) is 0 Å². The Labute approximate surface area is 96.0 Å². The minimum Gasteiger partial charge on any atom is -0.192 e. The van der Waals surface area contributed by atoms with E-state index >= 15 is 0 Å². The fraction of sp³-hybridized carbons (Fsp3) is 0.133. The molecule has 0 aromatic heterocycles. The van der Waals surface area contributed by atoms with Crippen LogP contribution >= 0.6 is 0 Å². The molecule has 2 rings (SSSR count). The third-order valence-corrected chi connectivity index (χ3v) is 2.62. The first kappa shape index (κ1) is 10.4. The number of benzene rings is 2. The maximum Gasteiger partial charge on any atom is 0.0998 e. The summed E-state index contributed by atoms with van der Waals surface area (Å²) in [7, 11) is 0. The van der Waals surface area contributed by atoms with Crippen LogP contribution in [0.15, 0.2) is 42.5 Å². The first-order valence-electron chi connectivity index (χ1n) is 5.28. The minimum absolute atomic E-state index is 0.733. The minimum atomic E-state index is 0.733. The molecule has 0 fully saturated rings. The summed E-state index contributed by atoms with van der Waals surface area (Å²) in [6, 6.07) is 16.4. The van der Waals surface area contributed by atoms with Crippen molar-refractivity contribution in [1.29, 1.82) is 5.26 Å². The van der Waals surface area contributed by atoms with Gasteiger partial charge in [-0.3, -0.25) is 0 Å². The highest BCUT2D eigenvalue weighted by molar-refractivity contribution is 5.71. The van der Waals surface area contributed by atoms with Crippen LogP contribution in [0.25, 0.3) is 11.1 Å².